The van der Waals surface area contributed by atoms with Crippen LogP contribution in [0.3, 0.4) is 0 Å². The molecule has 102 valence electrons. The zero-order valence-electron chi connectivity index (χ0n) is 10.6. The number of rotatable bonds is 3. The summed E-state index contributed by atoms with van der Waals surface area (Å²) in [6.45, 7) is 6.28. The highest BCUT2D eigenvalue weighted by molar-refractivity contribution is 7.89. The third-order valence-electron chi connectivity index (χ3n) is 2.39. The molecule has 0 saturated heterocycles. The highest BCUT2D eigenvalue weighted by atomic mass is 32.2. The lowest BCUT2D eigenvalue weighted by atomic mass is 9.92. The van der Waals surface area contributed by atoms with E-state index in [-0.39, 0.29) is 5.41 Å². The van der Waals surface area contributed by atoms with Gasteiger partial charge < -0.3 is 0 Å². The number of nitrogens with two attached hydrogens (primary N) is 1. The number of nitrogens with zero attached hydrogens (tertiary/aromatic N) is 1. The van der Waals surface area contributed by atoms with E-state index in [0.29, 0.717) is 13.0 Å². The van der Waals surface area contributed by atoms with Crippen LogP contribution in [0.15, 0.2) is 20.7 Å². The molecule has 0 spiro atoms. The second kappa shape index (κ2) is 4.69. The molecule has 0 unspecified atom stereocenters. The molecule has 1 aromatic rings. The molecule has 0 aromatic carbocycles. The van der Waals surface area contributed by atoms with Crippen molar-refractivity contribution in [1.29, 1.82) is 0 Å². The van der Waals surface area contributed by atoms with E-state index in [9.17, 15) is 18.0 Å². The van der Waals surface area contributed by atoms with E-state index in [1.165, 1.54) is 0 Å². The van der Waals surface area contributed by atoms with Crippen molar-refractivity contribution in [3.05, 3.63) is 27.0 Å². The average Bonchev–Trinajstić information content (AvgIpc) is 2.12. The van der Waals surface area contributed by atoms with Crippen molar-refractivity contribution in [2.24, 2.45) is 10.6 Å². The van der Waals surface area contributed by atoms with E-state index in [1.807, 2.05) is 25.8 Å². The monoisotopic (exact) mass is 275 g/mol. The fraction of sp³-hybridized carbons (Fsp3) is 0.600. The molecule has 0 aliphatic heterocycles. The molecule has 7 nitrogen and oxygen atoms in total. The largest absolute Gasteiger partial charge is 0.328 e. The average molecular weight is 275 g/mol. The van der Waals surface area contributed by atoms with Crippen molar-refractivity contribution >= 4 is 10.0 Å². The van der Waals surface area contributed by atoms with Gasteiger partial charge in [-0.15, -0.1) is 0 Å². The molecule has 0 atom stereocenters. The lowest BCUT2D eigenvalue weighted by Crippen LogP contribution is -2.35. The molecule has 0 fully saturated rings. The molecule has 18 heavy (non-hydrogen) atoms. The van der Waals surface area contributed by atoms with Gasteiger partial charge in [-0.1, -0.05) is 20.8 Å². The summed E-state index contributed by atoms with van der Waals surface area (Å²) < 4.78 is 23.5. The Hall–Kier alpha value is -1.41. The van der Waals surface area contributed by atoms with Gasteiger partial charge in [0, 0.05) is 12.7 Å². The van der Waals surface area contributed by atoms with E-state index >= 15 is 0 Å². The fourth-order valence-electron chi connectivity index (χ4n) is 1.31. The normalized spacial score (nSPS) is 12.7. The Labute approximate surface area is 105 Å². The van der Waals surface area contributed by atoms with Gasteiger partial charge >= 0.3 is 5.69 Å². The van der Waals surface area contributed by atoms with Gasteiger partial charge in [-0.3, -0.25) is 14.3 Å². The van der Waals surface area contributed by atoms with Crippen LogP contribution >= 0.6 is 0 Å². The minimum atomic E-state index is -4.13. The Morgan fingerprint density at radius 1 is 1.33 bits per heavy atom. The van der Waals surface area contributed by atoms with Gasteiger partial charge in [-0.2, -0.15) is 0 Å². The smallest absolute Gasteiger partial charge is 0.299 e. The zero-order valence-corrected chi connectivity index (χ0v) is 11.4. The summed E-state index contributed by atoms with van der Waals surface area (Å²) in [6.07, 6.45) is 1.64. The maximum Gasteiger partial charge on any atom is 0.328 e. The molecule has 0 radical (unpaired) electrons. The first kappa shape index (κ1) is 14.7. The third-order valence-corrected chi connectivity index (χ3v) is 3.29. The molecule has 1 heterocycles. The number of aromatic amines is 1. The van der Waals surface area contributed by atoms with Crippen LogP contribution in [0.5, 0.6) is 0 Å². The molecule has 0 aliphatic carbocycles. The van der Waals surface area contributed by atoms with Crippen LogP contribution in [0.2, 0.25) is 0 Å². The number of primary sulfonamides is 1. The number of nitrogens with one attached hydrogen (secondary N) is 1. The molecule has 0 saturated carbocycles. The maximum absolute atomic E-state index is 11.5. The summed E-state index contributed by atoms with van der Waals surface area (Å²) in [5, 5.41) is 4.90. The number of hydrogen-bond donors (Lipinski definition) is 2. The summed E-state index contributed by atoms with van der Waals surface area (Å²) in [6, 6.07) is 0. The summed E-state index contributed by atoms with van der Waals surface area (Å²) in [7, 11) is -4.13. The van der Waals surface area contributed by atoms with Crippen LogP contribution in [-0.4, -0.2) is 18.0 Å². The topological polar surface area (TPSA) is 115 Å². The number of hydrogen-bond acceptors (Lipinski definition) is 4. The van der Waals surface area contributed by atoms with Gasteiger partial charge in [0.25, 0.3) is 5.56 Å². The number of sulfonamides is 1. The quantitative estimate of drug-likeness (QED) is 0.782. The van der Waals surface area contributed by atoms with Crippen molar-refractivity contribution in [2.45, 2.75) is 38.6 Å². The predicted octanol–water partition coefficient (Wildman–Crippen LogP) is -0.380. The standard InChI is InChI=1S/C10H17N3O4S/c1-10(2,3)4-5-13-6-7(18(11,16)17)8(14)12-9(13)15/h6H,4-5H2,1-3H3,(H2,11,16,17)(H,12,14,15). The summed E-state index contributed by atoms with van der Waals surface area (Å²) in [4.78, 5) is 24.2. The first-order valence-corrected chi connectivity index (χ1v) is 6.92. The molecule has 0 aliphatic rings. The van der Waals surface area contributed by atoms with Gasteiger partial charge in [-0.25, -0.2) is 18.4 Å². The van der Waals surface area contributed by atoms with Crippen molar-refractivity contribution in [2.75, 3.05) is 0 Å². The Morgan fingerprint density at radius 3 is 2.33 bits per heavy atom. The predicted molar refractivity (Wildman–Crippen MR) is 66.8 cm³/mol. The Balaban J connectivity index is 3.23. The SMILES string of the molecule is CC(C)(C)CCn1cc(S(N)(=O)=O)c(=O)[nH]c1=O. The van der Waals surface area contributed by atoms with Gasteiger partial charge in [0.1, 0.15) is 0 Å². The third kappa shape index (κ3) is 3.81. The van der Waals surface area contributed by atoms with E-state index in [2.05, 4.69) is 0 Å². The van der Waals surface area contributed by atoms with E-state index in [0.717, 1.165) is 10.8 Å². The minimum absolute atomic E-state index is 0.0165. The van der Waals surface area contributed by atoms with Crippen molar-refractivity contribution in [1.82, 2.24) is 9.55 Å². The molecule has 0 amide bonds. The van der Waals surface area contributed by atoms with Crippen LogP contribution < -0.4 is 16.4 Å². The van der Waals surface area contributed by atoms with Crippen molar-refractivity contribution in [3.8, 4) is 0 Å². The molecule has 1 rings (SSSR count). The minimum Gasteiger partial charge on any atom is -0.299 e. The molecule has 1 aromatic heterocycles. The molecule has 0 bridgehead atoms. The second-order valence-corrected chi connectivity index (χ2v) is 6.83. The fourth-order valence-corrected chi connectivity index (χ4v) is 1.90. The molecule has 3 N–H and O–H groups in total. The molecular formula is C10H17N3O4S. The Kier molecular flexibility index (Phi) is 3.82. The van der Waals surface area contributed by atoms with E-state index in [4.69, 9.17) is 5.14 Å². The van der Waals surface area contributed by atoms with E-state index < -0.39 is 26.2 Å². The second-order valence-electron chi connectivity index (χ2n) is 5.30. The molecule has 8 heteroatoms. The van der Waals surface area contributed by atoms with Crippen molar-refractivity contribution in [3.63, 3.8) is 0 Å². The number of aromatic nitrogens is 2. The highest BCUT2D eigenvalue weighted by Gasteiger charge is 2.16. The highest BCUT2D eigenvalue weighted by Crippen LogP contribution is 2.18. The summed E-state index contributed by atoms with van der Waals surface area (Å²) in [5.74, 6) is 0. The summed E-state index contributed by atoms with van der Waals surface area (Å²) >= 11 is 0. The van der Waals surface area contributed by atoms with Gasteiger partial charge in [0.05, 0.1) is 0 Å². The van der Waals surface area contributed by atoms with Crippen LogP contribution in [0.25, 0.3) is 0 Å². The van der Waals surface area contributed by atoms with Crippen LogP contribution in [0, 0.1) is 5.41 Å². The van der Waals surface area contributed by atoms with Crippen LogP contribution in [0.1, 0.15) is 27.2 Å². The first-order valence-electron chi connectivity index (χ1n) is 5.37. The van der Waals surface area contributed by atoms with Crippen LogP contribution in [-0.2, 0) is 16.6 Å². The Morgan fingerprint density at radius 2 is 1.89 bits per heavy atom. The van der Waals surface area contributed by atoms with E-state index in [1.54, 1.807) is 0 Å². The van der Waals surface area contributed by atoms with Gasteiger partial charge in [0.2, 0.25) is 10.0 Å². The lowest BCUT2D eigenvalue weighted by molar-refractivity contribution is 0.345. The van der Waals surface area contributed by atoms with Crippen molar-refractivity contribution < 1.29 is 8.42 Å². The summed E-state index contributed by atoms with van der Waals surface area (Å²) in [5.41, 5.74) is -1.65. The molecular weight excluding hydrogens is 258 g/mol. The zero-order chi connectivity index (χ0) is 14.1. The van der Waals surface area contributed by atoms with Crippen LogP contribution in [0.4, 0.5) is 0 Å². The number of aryl methyl sites for hydroxylation is 1. The first-order chi connectivity index (χ1) is 8.00. The van der Waals surface area contributed by atoms with Gasteiger partial charge in [-0.05, 0) is 11.8 Å². The van der Waals surface area contributed by atoms with Gasteiger partial charge in [0.15, 0.2) is 4.90 Å². The number of H-pyrrole nitrogens is 1. The lowest BCUT2D eigenvalue weighted by Gasteiger charge is -2.18. The Bertz CT molecular complexity index is 649. The maximum atomic E-state index is 11.5.